The Bertz CT molecular complexity index is 1430. The molecule has 0 saturated carbocycles. The molecule has 8 nitrogen and oxygen atoms in total. The third-order valence-electron chi connectivity index (χ3n) is 6.78. The minimum Gasteiger partial charge on any atom is -0.365 e. The van der Waals surface area contributed by atoms with Crippen LogP contribution in [0, 0.1) is 0 Å². The zero-order valence-electron chi connectivity index (χ0n) is 20.7. The third kappa shape index (κ3) is 5.44. The Balaban J connectivity index is 1.23. The predicted octanol–water partition coefficient (Wildman–Crippen LogP) is 4.90. The van der Waals surface area contributed by atoms with Gasteiger partial charge in [0, 0.05) is 50.3 Å². The fraction of sp³-hybridized carbons (Fsp3) is 0.241. The summed E-state index contributed by atoms with van der Waals surface area (Å²) in [5.41, 5.74) is 5.01. The van der Waals surface area contributed by atoms with Crippen molar-refractivity contribution in [3.05, 3.63) is 103 Å². The van der Waals surface area contributed by atoms with E-state index < -0.39 is 0 Å². The van der Waals surface area contributed by atoms with Crippen LogP contribution < -0.4 is 10.6 Å². The molecule has 0 spiro atoms. The number of benzene rings is 2. The number of fused-ring (bicyclic) bond motifs is 1. The smallest absolute Gasteiger partial charge is 0.227 e. The Morgan fingerprint density at radius 2 is 1.59 bits per heavy atom. The number of imidazole rings is 1. The molecule has 0 unspecified atom stereocenters. The van der Waals surface area contributed by atoms with Gasteiger partial charge < -0.3 is 10.6 Å². The largest absolute Gasteiger partial charge is 0.365 e. The van der Waals surface area contributed by atoms with Gasteiger partial charge in [0.05, 0.1) is 0 Å². The maximum atomic E-state index is 4.86. The predicted molar refractivity (Wildman–Crippen MR) is 147 cm³/mol. The van der Waals surface area contributed by atoms with Crippen LogP contribution >= 0.6 is 0 Å². The van der Waals surface area contributed by atoms with Crippen molar-refractivity contribution >= 4 is 22.9 Å². The fourth-order valence-corrected chi connectivity index (χ4v) is 4.81. The number of para-hydroxylation sites is 1. The number of hydrogen-bond donors (Lipinski definition) is 2. The first kappa shape index (κ1) is 23.1. The molecule has 0 amide bonds. The summed E-state index contributed by atoms with van der Waals surface area (Å²) in [6, 6.07) is 25.2. The van der Waals surface area contributed by atoms with Crippen molar-refractivity contribution in [3.63, 3.8) is 0 Å². The van der Waals surface area contributed by atoms with E-state index in [9.17, 15) is 0 Å². The van der Waals surface area contributed by atoms with E-state index in [0.717, 1.165) is 60.7 Å². The standard InChI is InChI=1S/C29H30N8/c1-3-8-22(9-4-1)20-36-16-13-24(14-17-36)33-27-26-28(37(21-32-26)25-11-5-2-6-12-25)35-29(34-27)31-19-23-10-7-15-30-18-23/h1-12,15,18,21,24H,13-14,16-17,19-20H2,(H2,31,33,34,35). The molecule has 6 rings (SSSR count). The van der Waals surface area contributed by atoms with E-state index in [2.05, 4.69) is 63.0 Å². The highest BCUT2D eigenvalue weighted by molar-refractivity contribution is 5.85. The summed E-state index contributed by atoms with van der Waals surface area (Å²) in [7, 11) is 0. The molecule has 4 heterocycles. The number of pyridine rings is 1. The lowest BCUT2D eigenvalue weighted by atomic mass is 10.0. The average molecular weight is 491 g/mol. The van der Waals surface area contributed by atoms with Gasteiger partial charge in [-0.15, -0.1) is 0 Å². The van der Waals surface area contributed by atoms with Gasteiger partial charge in [-0.25, -0.2) is 4.98 Å². The van der Waals surface area contributed by atoms with Crippen molar-refractivity contribution in [1.82, 2.24) is 29.4 Å². The van der Waals surface area contributed by atoms with Crippen LogP contribution in [-0.4, -0.2) is 48.5 Å². The molecule has 2 N–H and O–H groups in total. The number of aromatic nitrogens is 5. The van der Waals surface area contributed by atoms with Crippen LogP contribution in [0.15, 0.2) is 91.5 Å². The molecule has 1 saturated heterocycles. The molecule has 186 valence electrons. The lowest BCUT2D eigenvalue weighted by Crippen LogP contribution is -2.38. The summed E-state index contributed by atoms with van der Waals surface area (Å²) in [4.78, 5) is 21.2. The van der Waals surface area contributed by atoms with Gasteiger partial charge >= 0.3 is 0 Å². The molecule has 2 aromatic carbocycles. The van der Waals surface area contributed by atoms with Gasteiger partial charge in [-0.3, -0.25) is 14.5 Å². The number of likely N-dealkylation sites (tertiary alicyclic amines) is 1. The van der Waals surface area contributed by atoms with Crippen molar-refractivity contribution in [2.45, 2.75) is 32.0 Å². The number of anilines is 2. The topological polar surface area (TPSA) is 83.8 Å². The lowest BCUT2D eigenvalue weighted by Gasteiger charge is -2.32. The first-order valence-electron chi connectivity index (χ1n) is 12.8. The van der Waals surface area contributed by atoms with Gasteiger partial charge in [-0.1, -0.05) is 54.6 Å². The van der Waals surface area contributed by atoms with Gasteiger partial charge in [-0.2, -0.15) is 9.97 Å². The minimum absolute atomic E-state index is 0.332. The zero-order chi connectivity index (χ0) is 24.9. The molecule has 0 atom stereocenters. The highest BCUT2D eigenvalue weighted by Gasteiger charge is 2.22. The van der Waals surface area contributed by atoms with E-state index in [1.54, 1.807) is 6.20 Å². The quantitative estimate of drug-likeness (QED) is 0.320. The van der Waals surface area contributed by atoms with Gasteiger partial charge in [0.15, 0.2) is 17.0 Å². The van der Waals surface area contributed by atoms with Crippen LogP contribution in [-0.2, 0) is 13.1 Å². The van der Waals surface area contributed by atoms with Crippen LogP contribution in [0.5, 0.6) is 0 Å². The summed E-state index contributed by atoms with van der Waals surface area (Å²) < 4.78 is 2.01. The zero-order valence-corrected chi connectivity index (χ0v) is 20.7. The molecular weight excluding hydrogens is 460 g/mol. The van der Waals surface area contributed by atoms with Crippen molar-refractivity contribution in [1.29, 1.82) is 0 Å². The van der Waals surface area contributed by atoms with Gasteiger partial charge in [0.2, 0.25) is 5.95 Å². The summed E-state index contributed by atoms with van der Waals surface area (Å²) in [5.74, 6) is 1.34. The van der Waals surface area contributed by atoms with Crippen molar-refractivity contribution < 1.29 is 0 Å². The molecule has 0 bridgehead atoms. The van der Waals surface area contributed by atoms with Crippen molar-refractivity contribution in [2.24, 2.45) is 0 Å². The molecule has 3 aromatic heterocycles. The Kier molecular flexibility index (Phi) is 6.72. The molecule has 1 aliphatic rings. The summed E-state index contributed by atoms with van der Waals surface area (Å²) in [5, 5.41) is 7.09. The van der Waals surface area contributed by atoms with Gasteiger partial charge in [0.25, 0.3) is 0 Å². The van der Waals surface area contributed by atoms with Crippen LogP contribution in [0.3, 0.4) is 0 Å². The van der Waals surface area contributed by atoms with E-state index in [1.807, 2.05) is 47.4 Å². The molecule has 37 heavy (non-hydrogen) atoms. The summed E-state index contributed by atoms with van der Waals surface area (Å²) in [6.45, 7) is 3.68. The molecular formula is C29H30N8. The Labute approximate surface area is 216 Å². The Morgan fingerprint density at radius 1 is 0.838 bits per heavy atom. The van der Waals surface area contributed by atoms with Crippen LogP contribution in [0.4, 0.5) is 11.8 Å². The number of nitrogens with zero attached hydrogens (tertiary/aromatic N) is 6. The first-order valence-corrected chi connectivity index (χ1v) is 12.8. The third-order valence-corrected chi connectivity index (χ3v) is 6.78. The maximum absolute atomic E-state index is 4.86. The second-order valence-electron chi connectivity index (χ2n) is 9.41. The number of piperidine rings is 1. The summed E-state index contributed by atoms with van der Waals surface area (Å²) >= 11 is 0. The van der Waals surface area contributed by atoms with E-state index in [1.165, 1.54) is 5.56 Å². The lowest BCUT2D eigenvalue weighted by molar-refractivity contribution is 0.211. The van der Waals surface area contributed by atoms with Crippen molar-refractivity contribution in [3.8, 4) is 5.69 Å². The second kappa shape index (κ2) is 10.8. The molecule has 1 fully saturated rings. The minimum atomic E-state index is 0.332. The normalized spacial score (nSPS) is 14.6. The molecule has 8 heteroatoms. The monoisotopic (exact) mass is 490 g/mol. The first-order chi connectivity index (χ1) is 18.3. The van der Waals surface area contributed by atoms with Gasteiger partial charge in [-0.05, 0) is 42.2 Å². The number of nitrogens with one attached hydrogen (secondary N) is 2. The maximum Gasteiger partial charge on any atom is 0.227 e. The second-order valence-corrected chi connectivity index (χ2v) is 9.41. The fourth-order valence-electron chi connectivity index (χ4n) is 4.81. The van der Waals surface area contributed by atoms with Gasteiger partial charge in [0.1, 0.15) is 6.33 Å². The van der Waals surface area contributed by atoms with E-state index in [-0.39, 0.29) is 0 Å². The SMILES string of the molecule is c1ccc(CN2CCC(Nc3nc(NCc4cccnc4)nc4c3ncn4-c3ccccc3)CC2)cc1. The molecule has 1 aliphatic heterocycles. The molecule has 5 aromatic rings. The number of hydrogen-bond acceptors (Lipinski definition) is 7. The van der Waals surface area contributed by atoms with Crippen LogP contribution in [0.1, 0.15) is 24.0 Å². The van der Waals surface area contributed by atoms with E-state index in [0.29, 0.717) is 18.5 Å². The Hall–Kier alpha value is -4.30. The van der Waals surface area contributed by atoms with Crippen molar-refractivity contribution in [2.75, 3.05) is 23.7 Å². The van der Waals surface area contributed by atoms with E-state index in [4.69, 9.17) is 15.0 Å². The average Bonchev–Trinajstić information content (AvgIpc) is 3.39. The highest BCUT2D eigenvalue weighted by atomic mass is 15.2. The Morgan fingerprint density at radius 3 is 2.35 bits per heavy atom. The number of rotatable bonds is 8. The van der Waals surface area contributed by atoms with E-state index >= 15 is 0 Å². The molecule has 0 radical (unpaired) electrons. The van der Waals surface area contributed by atoms with Crippen LogP contribution in [0.25, 0.3) is 16.9 Å². The summed E-state index contributed by atoms with van der Waals surface area (Å²) in [6.07, 6.45) is 7.55. The van der Waals surface area contributed by atoms with Crippen LogP contribution in [0.2, 0.25) is 0 Å². The molecule has 0 aliphatic carbocycles. The highest BCUT2D eigenvalue weighted by Crippen LogP contribution is 2.26.